The maximum atomic E-state index is 14.5. The smallest absolute Gasteiger partial charge is 0.408 e. The van der Waals surface area contributed by atoms with Crippen molar-refractivity contribution in [3.8, 4) is 17.4 Å². The molecule has 5 atom stereocenters. The normalized spacial score (nSPS) is 25.9. The lowest BCUT2D eigenvalue weighted by atomic mass is 9.85. The lowest BCUT2D eigenvalue weighted by Gasteiger charge is -2.35. The van der Waals surface area contributed by atoms with E-state index in [2.05, 4.69) is 32.8 Å². The summed E-state index contributed by atoms with van der Waals surface area (Å²) in [6, 6.07) is 3.76. The van der Waals surface area contributed by atoms with Gasteiger partial charge in [-0.2, -0.15) is 0 Å². The Morgan fingerprint density at radius 1 is 1.23 bits per heavy atom. The molecule has 2 aliphatic heterocycles. The molecule has 1 saturated heterocycles. The molecule has 2 aromatic rings. The number of hydrogen-bond donors (Lipinski definition) is 1. The van der Waals surface area contributed by atoms with E-state index in [0.29, 0.717) is 52.2 Å². The summed E-state index contributed by atoms with van der Waals surface area (Å²) >= 11 is 3.60. The van der Waals surface area contributed by atoms with Crippen molar-refractivity contribution in [1.82, 2.24) is 15.2 Å². The summed E-state index contributed by atoms with van der Waals surface area (Å²) in [6.45, 7) is 11.9. The van der Waals surface area contributed by atoms with Crippen molar-refractivity contribution in [3.63, 3.8) is 0 Å². The number of carbonyl (C=O) groups excluding carboxylic acids is 3. The first-order valence-corrected chi connectivity index (χ1v) is 17.4. The average molecular weight is 728 g/mol. The maximum Gasteiger partial charge on any atom is 0.408 e. The van der Waals surface area contributed by atoms with Gasteiger partial charge >= 0.3 is 12.1 Å². The van der Waals surface area contributed by atoms with Crippen molar-refractivity contribution in [1.29, 1.82) is 0 Å². The quantitative estimate of drug-likeness (QED) is 0.240. The number of esters is 1. The van der Waals surface area contributed by atoms with Gasteiger partial charge in [0.1, 0.15) is 35.8 Å². The molecule has 2 unspecified atom stereocenters. The number of halogens is 1. The Morgan fingerprint density at radius 2 is 1.98 bits per heavy atom. The van der Waals surface area contributed by atoms with E-state index in [1.54, 1.807) is 24.2 Å². The van der Waals surface area contributed by atoms with Gasteiger partial charge in [-0.3, -0.25) is 4.79 Å². The monoisotopic (exact) mass is 726 g/mol. The summed E-state index contributed by atoms with van der Waals surface area (Å²) in [4.78, 5) is 51.6. The first-order chi connectivity index (χ1) is 22.9. The first kappa shape index (κ1) is 34.0. The summed E-state index contributed by atoms with van der Waals surface area (Å²) in [6.07, 6.45) is 4.85. The molecule has 2 amide bonds. The highest BCUT2D eigenvalue weighted by atomic mass is 79.9. The highest BCUT2D eigenvalue weighted by molar-refractivity contribution is 9.10. The first-order valence-electron chi connectivity index (χ1n) is 16.6. The maximum absolute atomic E-state index is 14.5. The molecule has 13 heteroatoms. The molecule has 258 valence electrons. The Kier molecular flexibility index (Phi) is 9.36. The van der Waals surface area contributed by atoms with Crippen molar-refractivity contribution < 1.29 is 38.1 Å². The molecule has 4 aliphatic rings. The van der Waals surface area contributed by atoms with Crippen LogP contribution < -0.4 is 19.5 Å². The number of amides is 2. The predicted molar refractivity (Wildman–Crippen MR) is 181 cm³/mol. The van der Waals surface area contributed by atoms with Gasteiger partial charge in [-0.1, -0.05) is 26.8 Å². The molecule has 1 aromatic heterocycles. The van der Waals surface area contributed by atoms with Crippen LogP contribution in [0.4, 0.5) is 4.79 Å². The lowest BCUT2D eigenvalue weighted by Crippen LogP contribution is -2.57. The number of methoxy groups -OCH3 is 1. The number of cyclic esters (lactones) is 1. The van der Waals surface area contributed by atoms with E-state index < -0.39 is 41.2 Å². The van der Waals surface area contributed by atoms with E-state index in [1.807, 2.05) is 39.8 Å². The molecule has 0 radical (unpaired) electrons. The van der Waals surface area contributed by atoms with E-state index in [-0.39, 0.29) is 30.4 Å². The number of rotatable bonds is 10. The Morgan fingerprint density at radius 3 is 2.62 bits per heavy atom. The van der Waals surface area contributed by atoms with Crippen LogP contribution in [0.25, 0.3) is 10.9 Å². The van der Waals surface area contributed by atoms with Crippen LogP contribution in [0, 0.1) is 11.3 Å². The molecule has 6 rings (SSSR count). The van der Waals surface area contributed by atoms with Gasteiger partial charge in [0.05, 0.1) is 30.3 Å². The summed E-state index contributed by atoms with van der Waals surface area (Å²) in [7, 11) is 1.58. The molecular formula is C35H43BrN4O8. The largest absolute Gasteiger partial charge is 0.495 e. The molecule has 0 bridgehead atoms. The minimum Gasteiger partial charge on any atom is -0.495 e. The van der Waals surface area contributed by atoms with Crippen molar-refractivity contribution in [3.05, 3.63) is 35.3 Å². The molecular weight excluding hydrogens is 684 g/mol. The van der Waals surface area contributed by atoms with Crippen LogP contribution in [0.1, 0.15) is 66.2 Å². The fourth-order valence-corrected chi connectivity index (χ4v) is 7.43. The van der Waals surface area contributed by atoms with Gasteiger partial charge in [0.25, 0.3) is 0 Å². The highest BCUT2D eigenvalue weighted by Crippen LogP contribution is 2.52. The fraction of sp³-hybridized carbons (Fsp3) is 0.571. The van der Waals surface area contributed by atoms with Crippen molar-refractivity contribution in [2.24, 2.45) is 16.3 Å². The standard InChI is InChI=1S/C35H43BrN4O8/c1-7-19-17-35(19)32(42)48-30(39-35)23-15-21(46-25-16-26(45-8-2)37-28-22(25)13-14-24(44-6)27(28)36)18-40(23)31(41)29(34(3,4)5)38-33(43)47-20-11-9-10-12-20/h7,13-14,16,19-21,23,29H,1,8-12,15,17-18H2,2-6H3,(H,38,43)/t19?,21-,23+,29-,35?/m1/s1. The minimum absolute atomic E-state index is 0.120. The zero-order chi connectivity index (χ0) is 34.4. The van der Waals surface area contributed by atoms with Crippen LogP contribution in [-0.2, 0) is 19.1 Å². The summed E-state index contributed by atoms with van der Waals surface area (Å²) in [5.74, 6) is 0.745. The number of fused-ring (bicyclic) bond motifs is 1. The second-order valence-electron chi connectivity index (χ2n) is 13.9. The summed E-state index contributed by atoms with van der Waals surface area (Å²) in [5.41, 5.74) is -1.07. The van der Waals surface area contributed by atoms with Gasteiger partial charge in [0, 0.05) is 23.8 Å². The predicted octanol–water partition coefficient (Wildman–Crippen LogP) is 5.74. The lowest BCUT2D eigenvalue weighted by molar-refractivity contribution is -0.139. The highest BCUT2D eigenvalue weighted by Gasteiger charge is 2.65. The van der Waals surface area contributed by atoms with E-state index >= 15 is 0 Å². The van der Waals surface area contributed by atoms with E-state index in [1.165, 1.54) is 0 Å². The van der Waals surface area contributed by atoms with Crippen molar-refractivity contribution in [2.75, 3.05) is 20.3 Å². The molecule has 12 nitrogen and oxygen atoms in total. The number of nitrogens with zero attached hydrogens (tertiary/aromatic N) is 3. The number of alkyl carbamates (subject to hydrolysis) is 1. The second-order valence-corrected chi connectivity index (χ2v) is 14.7. The molecule has 3 fully saturated rings. The van der Waals surface area contributed by atoms with Gasteiger partial charge in [0.2, 0.25) is 17.7 Å². The number of benzene rings is 1. The molecule has 48 heavy (non-hydrogen) atoms. The number of hydrogen-bond acceptors (Lipinski definition) is 10. The van der Waals surface area contributed by atoms with E-state index in [9.17, 15) is 14.4 Å². The molecule has 1 N–H and O–H groups in total. The third-order valence-corrected chi connectivity index (χ3v) is 10.3. The van der Waals surface area contributed by atoms with Gasteiger partial charge in [0.15, 0.2) is 5.54 Å². The molecule has 3 heterocycles. The molecule has 1 spiro atoms. The molecule has 1 aromatic carbocycles. The zero-order valence-electron chi connectivity index (χ0n) is 28.0. The molecule has 2 aliphatic carbocycles. The zero-order valence-corrected chi connectivity index (χ0v) is 29.6. The topological polar surface area (TPSA) is 138 Å². The van der Waals surface area contributed by atoms with Gasteiger partial charge < -0.3 is 33.9 Å². The van der Waals surface area contributed by atoms with Crippen LogP contribution in [0.2, 0.25) is 0 Å². The van der Waals surface area contributed by atoms with Crippen LogP contribution in [0.15, 0.2) is 40.3 Å². The number of aromatic nitrogens is 1. The molecule has 2 saturated carbocycles. The SMILES string of the molecule is C=CC1CC12N=C([C@@H]1C[C@@H](Oc3cc(OCC)nc4c(Br)c(OC)ccc34)CN1C(=O)[C@@H](NC(=O)OC1CCCC1)C(C)(C)C)OC2=O. The van der Waals surface area contributed by atoms with Gasteiger partial charge in [-0.25, -0.2) is 19.6 Å². The van der Waals surface area contributed by atoms with Gasteiger partial charge in [-0.05, 0) is 72.5 Å². The number of aliphatic imine (C=N–C) groups is 1. The van der Waals surface area contributed by atoms with E-state index in [4.69, 9.17) is 28.7 Å². The number of ether oxygens (including phenoxy) is 5. The Labute approximate surface area is 288 Å². The Balaban J connectivity index is 1.32. The van der Waals surface area contributed by atoms with E-state index in [0.717, 1.165) is 25.7 Å². The minimum atomic E-state index is -0.990. The van der Waals surface area contributed by atoms with Crippen LogP contribution in [0.5, 0.6) is 17.4 Å². The summed E-state index contributed by atoms with van der Waals surface area (Å²) < 4.78 is 30.0. The third kappa shape index (κ3) is 6.45. The Bertz CT molecular complexity index is 1650. The van der Waals surface area contributed by atoms with Gasteiger partial charge in [-0.15, -0.1) is 6.58 Å². The van der Waals surface area contributed by atoms with Crippen molar-refractivity contribution in [2.45, 2.75) is 96.1 Å². The average Bonchev–Trinajstić information content (AvgIpc) is 3.35. The fourth-order valence-electron chi connectivity index (χ4n) is 6.84. The second kappa shape index (κ2) is 13.2. The van der Waals surface area contributed by atoms with Crippen LogP contribution in [0.3, 0.4) is 0 Å². The number of carbonyl (C=O) groups is 3. The number of nitrogens with one attached hydrogen (secondary N) is 1. The van der Waals surface area contributed by atoms with Crippen molar-refractivity contribution >= 4 is 50.7 Å². The summed E-state index contributed by atoms with van der Waals surface area (Å²) in [5, 5.41) is 3.57. The third-order valence-electron chi connectivity index (χ3n) is 9.54. The van der Waals surface area contributed by atoms with Crippen LogP contribution in [-0.4, -0.2) is 83.8 Å². The number of likely N-dealkylation sites (tertiary alicyclic amines) is 1. The van der Waals surface area contributed by atoms with Crippen LogP contribution >= 0.6 is 15.9 Å². The number of pyridine rings is 1. The Hall–Kier alpha value is -3.87.